The van der Waals surface area contributed by atoms with E-state index in [9.17, 15) is 18.4 Å². The molecule has 0 radical (unpaired) electrons. The zero-order valence-electron chi connectivity index (χ0n) is 12.1. The molecule has 1 saturated carbocycles. The van der Waals surface area contributed by atoms with Gasteiger partial charge in [-0.2, -0.15) is 0 Å². The van der Waals surface area contributed by atoms with Crippen LogP contribution in [0.2, 0.25) is 0 Å². The molecule has 1 fully saturated rings. The van der Waals surface area contributed by atoms with Crippen LogP contribution in [0.1, 0.15) is 53.0 Å². The molecular weight excluding hydrogens is 292 g/mol. The SMILES string of the molecule is NC(=O)c1cc(C(=O)NCCCCC2CC(F)(F)C2)ccn1. The summed E-state index contributed by atoms with van der Waals surface area (Å²) in [6.45, 7) is 0.468. The average molecular weight is 311 g/mol. The lowest BCUT2D eigenvalue weighted by atomic mass is 9.78. The lowest BCUT2D eigenvalue weighted by Gasteiger charge is -2.34. The minimum absolute atomic E-state index is 0.00767. The van der Waals surface area contributed by atoms with Crippen LogP contribution in [0.3, 0.4) is 0 Å². The molecule has 5 nitrogen and oxygen atoms in total. The van der Waals surface area contributed by atoms with Crippen LogP contribution in [-0.2, 0) is 0 Å². The number of halogens is 2. The number of nitrogens with one attached hydrogen (secondary N) is 1. The Morgan fingerprint density at radius 1 is 1.36 bits per heavy atom. The molecule has 1 aromatic heterocycles. The van der Waals surface area contributed by atoms with Crippen molar-refractivity contribution in [2.75, 3.05) is 6.54 Å². The minimum atomic E-state index is -2.46. The second-order valence-electron chi connectivity index (χ2n) is 5.68. The number of alkyl halides is 2. The predicted molar refractivity (Wildman–Crippen MR) is 76.6 cm³/mol. The highest BCUT2D eigenvalue weighted by Gasteiger charge is 2.44. The number of carbonyl (C=O) groups is 2. The van der Waals surface area contributed by atoms with E-state index in [1.165, 1.54) is 18.3 Å². The van der Waals surface area contributed by atoms with Crippen molar-refractivity contribution in [3.63, 3.8) is 0 Å². The first-order valence-electron chi connectivity index (χ1n) is 7.29. The predicted octanol–water partition coefficient (Wildman–Crippen LogP) is 2.13. The number of carbonyl (C=O) groups excluding carboxylic acids is 2. The first-order valence-corrected chi connectivity index (χ1v) is 7.29. The monoisotopic (exact) mass is 311 g/mol. The molecule has 0 bridgehead atoms. The fourth-order valence-electron chi connectivity index (χ4n) is 2.56. The molecule has 0 aromatic carbocycles. The van der Waals surface area contributed by atoms with Gasteiger partial charge in [0.15, 0.2) is 0 Å². The second kappa shape index (κ2) is 6.81. The number of hydrogen-bond donors (Lipinski definition) is 2. The van der Waals surface area contributed by atoms with Crippen LogP contribution in [0, 0.1) is 5.92 Å². The Hall–Kier alpha value is -2.05. The number of primary amides is 1. The van der Waals surface area contributed by atoms with Crippen LogP contribution in [0.25, 0.3) is 0 Å². The Labute approximate surface area is 127 Å². The highest BCUT2D eigenvalue weighted by molar-refractivity contribution is 5.97. The summed E-state index contributed by atoms with van der Waals surface area (Å²) >= 11 is 0. The number of unbranched alkanes of at least 4 members (excludes halogenated alkanes) is 1. The minimum Gasteiger partial charge on any atom is -0.364 e. The van der Waals surface area contributed by atoms with Crippen LogP contribution in [0.15, 0.2) is 18.3 Å². The molecule has 1 aromatic rings. The van der Waals surface area contributed by atoms with Crippen LogP contribution < -0.4 is 11.1 Å². The third-order valence-corrected chi connectivity index (χ3v) is 3.77. The fourth-order valence-corrected chi connectivity index (χ4v) is 2.56. The summed E-state index contributed by atoms with van der Waals surface area (Å²) in [4.78, 5) is 26.6. The smallest absolute Gasteiger partial charge is 0.267 e. The van der Waals surface area contributed by atoms with Gasteiger partial charge < -0.3 is 11.1 Å². The number of nitrogens with two attached hydrogens (primary N) is 1. The third-order valence-electron chi connectivity index (χ3n) is 3.77. The van der Waals surface area contributed by atoms with E-state index in [1.807, 2.05) is 0 Å². The Bertz CT molecular complexity index is 555. The fraction of sp³-hybridized carbons (Fsp3) is 0.533. The molecule has 22 heavy (non-hydrogen) atoms. The van der Waals surface area contributed by atoms with Gasteiger partial charge in [0.2, 0.25) is 5.92 Å². The van der Waals surface area contributed by atoms with E-state index in [0.29, 0.717) is 12.1 Å². The number of hydrogen-bond acceptors (Lipinski definition) is 3. The van der Waals surface area contributed by atoms with Crippen molar-refractivity contribution in [2.45, 2.75) is 38.0 Å². The topological polar surface area (TPSA) is 85.1 Å². The summed E-state index contributed by atoms with van der Waals surface area (Å²) in [6.07, 6.45) is 3.66. The van der Waals surface area contributed by atoms with Crippen molar-refractivity contribution < 1.29 is 18.4 Å². The summed E-state index contributed by atoms with van der Waals surface area (Å²) in [5.41, 5.74) is 5.46. The Morgan fingerprint density at radius 2 is 2.09 bits per heavy atom. The molecule has 0 aliphatic heterocycles. The summed E-state index contributed by atoms with van der Waals surface area (Å²) in [6, 6.07) is 2.84. The highest BCUT2D eigenvalue weighted by atomic mass is 19.3. The Kier molecular flexibility index (Phi) is 5.05. The number of nitrogens with zero attached hydrogens (tertiary/aromatic N) is 1. The van der Waals surface area contributed by atoms with Crippen LogP contribution in [0.4, 0.5) is 8.78 Å². The molecule has 0 spiro atoms. The Balaban J connectivity index is 1.66. The summed E-state index contributed by atoms with van der Waals surface area (Å²) in [7, 11) is 0. The largest absolute Gasteiger partial charge is 0.364 e. The second-order valence-corrected chi connectivity index (χ2v) is 5.68. The normalized spacial score (nSPS) is 16.8. The van der Waals surface area contributed by atoms with Gasteiger partial charge in [-0.05, 0) is 30.9 Å². The summed E-state index contributed by atoms with van der Waals surface area (Å²) in [5.74, 6) is -3.34. The van der Waals surface area contributed by atoms with Crippen LogP contribution in [-0.4, -0.2) is 29.3 Å². The summed E-state index contributed by atoms with van der Waals surface area (Å²) in [5, 5.41) is 2.72. The molecule has 7 heteroatoms. The zero-order valence-corrected chi connectivity index (χ0v) is 12.1. The van der Waals surface area contributed by atoms with E-state index in [1.54, 1.807) is 0 Å². The zero-order chi connectivity index (χ0) is 16.2. The molecule has 120 valence electrons. The molecule has 3 N–H and O–H groups in total. The molecule has 1 aliphatic carbocycles. The van der Waals surface area contributed by atoms with E-state index < -0.39 is 11.8 Å². The Morgan fingerprint density at radius 3 is 2.73 bits per heavy atom. The van der Waals surface area contributed by atoms with Crippen molar-refractivity contribution >= 4 is 11.8 Å². The van der Waals surface area contributed by atoms with E-state index in [4.69, 9.17) is 5.73 Å². The van der Waals surface area contributed by atoms with Crippen molar-refractivity contribution in [3.8, 4) is 0 Å². The molecule has 1 heterocycles. The maximum Gasteiger partial charge on any atom is 0.267 e. The van der Waals surface area contributed by atoms with Gasteiger partial charge in [0.1, 0.15) is 5.69 Å². The van der Waals surface area contributed by atoms with Gasteiger partial charge in [-0.3, -0.25) is 14.6 Å². The van der Waals surface area contributed by atoms with Crippen molar-refractivity contribution in [1.29, 1.82) is 0 Å². The van der Waals surface area contributed by atoms with Crippen molar-refractivity contribution in [2.24, 2.45) is 11.7 Å². The molecule has 2 amide bonds. The van der Waals surface area contributed by atoms with Gasteiger partial charge in [-0.15, -0.1) is 0 Å². The molecule has 0 unspecified atom stereocenters. The standard InChI is InChI=1S/C15H19F2N3O2/c16-15(17)8-10(9-15)3-1-2-5-20-14(22)11-4-6-19-12(7-11)13(18)21/h4,6-7,10H,1-3,5,8-9H2,(H2,18,21)(H,20,22). The van der Waals surface area contributed by atoms with Gasteiger partial charge in [-0.25, -0.2) is 8.78 Å². The average Bonchev–Trinajstić information content (AvgIpc) is 2.44. The third kappa shape index (κ3) is 4.47. The van der Waals surface area contributed by atoms with Gasteiger partial charge in [-0.1, -0.05) is 6.42 Å². The first-order chi connectivity index (χ1) is 10.4. The first kappa shape index (κ1) is 16.3. The van der Waals surface area contributed by atoms with Gasteiger partial charge in [0, 0.05) is 31.1 Å². The van der Waals surface area contributed by atoms with Gasteiger partial charge in [0.05, 0.1) is 0 Å². The van der Waals surface area contributed by atoms with Crippen molar-refractivity contribution in [1.82, 2.24) is 10.3 Å². The van der Waals surface area contributed by atoms with Gasteiger partial charge in [0.25, 0.3) is 11.8 Å². The van der Waals surface area contributed by atoms with E-state index in [0.717, 1.165) is 19.3 Å². The van der Waals surface area contributed by atoms with E-state index in [-0.39, 0.29) is 30.4 Å². The quantitative estimate of drug-likeness (QED) is 0.756. The number of amides is 2. The molecule has 1 aliphatic rings. The molecular formula is C15H19F2N3O2. The maximum atomic E-state index is 12.7. The maximum absolute atomic E-state index is 12.7. The lowest BCUT2D eigenvalue weighted by Crippen LogP contribution is -2.35. The summed E-state index contributed by atoms with van der Waals surface area (Å²) < 4.78 is 25.3. The number of pyridine rings is 1. The molecule has 0 saturated heterocycles. The molecule has 0 atom stereocenters. The molecule has 2 rings (SSSR count). The van der Waals surface area contributed by atoms with Crippen LogP contribution >= 0.6 is 0 Å². The number of rotatable bonds is 7. The van der Waals surface area contributed by atoms with Crippen molar-refractivity contribution in [3.05, 3.63) is 29.6 Å². The van der Waals surface area contributed by atoms with Gasteiger partial charge >= 0.3 is 0 Å². The van der Waals surface area contributed by atoms with E-state index in [2.05, 4.69) is 10.3 Å². The number of aromatic nitrogens is 1. The van der Waals surface area contributed by atoms with Crippen LogP contribution in [0.5, 0.6) is 0 Å². The highest BCUT2D eigenvalue weighted by Crippen LogP contribution is 2.44. The van der Waals surface area contributed by atoms with E-state index >= 15 is 0 Å². The lowest BCUT2D eigenvalue weighted by molar-refractivity contribution is -0.112.